The van der Waals surface area contributed by atoms with E-state index in [2.05, 4.69) is 36.3 Å². The minimum atomic E-state index is 0.380. The van der Waals surface area contributed by atoms with Crippen LogP contribution in [0.4, 0.5) is 0 Å². The first-order valence-corrected chi connectivity index (χ1v) is 6.60. The van der Waals surface area contributed by atoms with Crippen molar-refractivity contribution in [2.24, 2.45) is 5.84 Å². The van der Waals surface area contributed by atoms with Gasteiger partial charge in [0.2, 0.25) is 0 Å². The topological polar surface area (TPSA) is 38.0 Å². The summed E-state index contributed by atoms with van der Waals surface area (Å²) in [6, 6.07) is 10.8. The van der Waals surface area contributed by atoms with Crippen molar-refractivity contribution in [3.63, 3.8) is 0 Å². The highest BCUT2D eigenvalue weighted by atomic mass is 32.2. The highest BCUT2D eigenvalue weighted by Crippen LogP contribution is 2.19. The van der Waals surface area contributed by atoms with E-state index in [1.165, 1.54) is 4.90 Å². The summed E-state index contributed by atoms with van der Waals surface area (Å²) in [6.07, 6.45) is 5.27. The van der Waals surface area contributed by atoms with Crippen molar-refractivity contribution >= 4 is 11.8 Å². The molecule has 0 heterocycles. The Labute approximate surface area is 102 Å². The van der Waals surface area contributed by atoms with Crippen LogP contribution in [0.3, 0.4) is 0 Å². The van der Waals surface area contributed by atoms with Crippen LogP contribution in [0.15, 0.2) is 47.9 Å². The summed E-state index contributed by atoms with van der Waals surface area (Å²) in [5.41, 5.74) is 2.88. The molecule has 0 aliphatic carbocycles. The molecule has 0 saturated carbocycles. The molecule has 0 fully saturated rings. The summed E-state index contributed by atoms with van der Waals surface area (Å²) in [7, 11) is 0. The molecule has 16 heavy (non-hydrogen) atoms. The van der Waals surface area contributed by atoms with E-state index in [1.807, 2.05) is 23.9 Å². The molecule has 1 atom stereocenters. The minimum absolute atomic E-state index is 0.380. The second-order valence-corrected chi connectivity index (χ2v) is 4.80. The van der Waals surface area contributed by atoms with Gasteiger partial charge in [-0.15, -0.1) is 18.3 Å². The van der Waals surface area contributed by atoms with E-state index >= 15 is 0 Å². The summed E-state index contributed by atoms with van der Waals surface area (Å²) < 4.78 is 0. The Balaban J connectivity index is 2.25. The van der Waals surface area contributed by atoms with Gasteiger partial charge in [-0.25, -0.2) is 0 Å². The van der Waals surface area contributed by atoms with E-state index in [0.717, 1.165) is 25.0 Å². The predicted molar refractivity (Wildman–Crippen MR) is 72.3 cm³/mol. The smallest absolute Gasteiger partial charge is 0.0304 e. The molecular formula is C13H20N2S. The van der Waals surface area contributed by atoms with Gasteiger partial charge in [0, 0.05) is 16.7 Å². The average Bonchev–Trinajstić information content (AvgIpc) is 2.35. The van der Waals surface area contributed by atoms with Gasteiger partial charge in [0.1, 0.15) is 0 Å². The molecule has 0 aromatic heterocycles. The third kappa shape index (κ3) is 5.35. The molecular weight excluding hydrogens is 216 g/mol. The van der Waals surface area contributed by atoms with E-state index in [1.54, 1.807) is 0 Å². The van der Waals surface area contributed by atoms with Crippen molar-refractivity contribution in [2.75, 3.05) is 5.75 Å². The summed E-state index contributed by atoms with van der Waals surface area (Å²) in [5, 5.41) is 0. The van der Waals surface area contributed by atoms with Crippen LogP contribution in [-0.2, 0) is 0 Å². The van der Waals surface area contributed by atoms with Crippen LogP contribution in [0, 0.1) is 0 Å². The lowest BCUT2D eigenvalue weighted by Crippen LogP contribution is -2.36. The predicted octanol–water partition coefficient (Wildman–Crippen LogP) is 2.97. The van der Waals surface area contributed by atoms with Gasteiger partial charge in [0.15, 0.2) is 0 Å². The molecule has 0 bridgehead atoms. The highest BCUT2D eigenvalue weighted by molar-refractivity contribution is 7.99. The molecule has 0 radical (unpaired) electrons. The SMILES string of the molecule is C=CCCCC(CSc1ccccc1)NN. The maximum Gasteiger partial charge on any atom is 0.0304 e. The van der Waals surface area contributed by atoms with E-state index in [-0.39, 0.29) is 0 Å². The molecule has 1 unspecified atom stereocenters. The standard InChI is InChI=1S/C13H20N2S/c1-2-3-5-8-12(15-14)11-16-13-9-6-4-7-10-13/h2,4,6-7,9-10,12,15H,1,3,5,8,11,14H2. The minimum Gasteiger partial charge on any atom is -0.271 e. The number of nitrogens with one attached hydrogen (secondary N) is 1. The lowest BCUT2D eigenvalue weighted by atomic mass is 10.1. The van der Waals surface area contributed by atoms with Crippen molar-refractivity contribution in [3.8, 4) is 0 Å². The monoisotopic (exact) mass is 236 g/mol. The third-order valence-electron chi connectivity index (χ3n) is 2.39. The lowest BCUT2D eigenvalue weighted by molar-refractivity contribution is 0.522. The van der Waals surface area contributed by atoms with Crippen molar-refractivity contribution in [1.82, 2.24) is 5.43 Å². The first-order valence-electron chi connectivity index (χ1n) is 5.61. The van der Waals surface area contributed by atoms with Gasteiger partial charge in [-0.3, -0.25) is 11.3 Å². The van der Waals surface area contributed by atoms with Crippen molar-refractivity contribution in [2.45, 2.75) is 30.2 Å². The van der Waals surface area contributed by atoms with Crippen LogP contribution >= 0.6 is 11.8 Å². The number of hydrazine groups is 1. The zero-order valence-corrected chi connectivity index (χ0v) is 10.4. The van der Waals surface area contributed by atoms with E-state index < -0.39 is 0 Å². The van der Waals surface area contributed by atoms with Crippen LogP contribution in [0.25, 0.3) is 0 Å². The lowest BCUT2D eigenvalue weighted by Gasteiger charge is -2.14. The Bertz CT molecular complexity index is 287. The van der Waals surface area contributed by atoms with Crippen LogP contribution in [0.2, 0.25) is 0 Å². The van der Waals surface area contributed by atoms with Crippen molar-refractivity contribution in [1.29, 1.82) is 0 Å². The fraction of sp³-hybridized carbons (Fsp3) is 0.385. The molecule has 0 aliphatic rings. The van der Waals surface area contributed by atoms with Crippen LogP contribution in [0.5, 0.6) is 0 Å². The van der Waals surface area contributed by atoms with Crippen molar-refractivity contribution < 1.29 is 0 Å². The molecule has 0 amide bonds. The van der Waals surface area contributed by atoms with Gasteiger partial charge in [0.25, 0.3) is 0 Å². The Morgan fingerprint density at radius 3 is 2.75 bits per heavy atom. The maximum atomic E-state index is 5.53. The number of rotatable bonds is 8. The van der Waals surface area contributed by atoms with Crippen LogP contribution in [0.1, 0.15) is 19.3 Å². The summed E-state index contributed by atoms with van der Waals surface area (Å²) in [4.78, 5) is 1.30. The van der Waals surface area contributed by atoms with E-state index in [0.29, 0.717) is 6.04 Å². The summed E-state index contributed by atoms with van der Waals surface area (Å²) in [5.74, 6) is 6.54. The second-order valence-electron chi connectivity index (χ2n) is 3.71. The fourth-order valence-electron chi connectivity index (χ4n) is 1.44. The Hall–Kier alpha value is -0.770. The number of nitrogens with two attached hydrogens (primary N) is 1. The van der Waals surface area contributed by atoms with Gasteiger partial charge in [0.05, 0.1) is 0 Å². The molecule has 1 aromatic carbocycles. The molecule has 88 valence electrons. The van der Waals surface area contributed by atoms with Crippen LogP contribution < -0.4 is 11.3 Å². The molecule has 3 N–H and O–H groups in total. The largest absolute Gasteiger partial charge is 0.271 e. The zero-order valence-electron chi connectivity index (χ0n) is 9.56. The number of unbranched alkanes of at least 4 members (excludes halogenated alkanes) is 1. The molecule has 0 saturated heterocycles. The number of thioether (sulfide) groups is 1. The molecule has 2 nitrogen and oxygen atoms in total. The number of hydrogen-bond donors (Lipinski definition) is 2. The summed E-state index contributed by atoms with van der Waals surface area (Å²) >= 11 is 1.84. The molecule has 1 aromatic rings. The summed E-state index contributed by atoms with van der Waals surface area (Å²) in [6.45, 7) is 3.72. The first-order chi connectivity index (χ1) is 7.86. The quantitative estimate of drug-likeness (QED) is 0.240. The second kappa shape index (κ2) is 8.39. The van der Waals surface area contributed by atoms with E-state index in [9.17, 15) is 0 Å². The highest BCUT2D eigenvalue weighted by Gasteiger charge is 2.06. The fourth-order valence-corrected chi connectivity index (χ4v) is 2.44. The number of benzene rings is 1. The molecule has 0 spiro atoms. The maximum absolute atomic E-state index is 5.53. The van der Waals surface area contributed by atoms with Gasteiger partial charge < -0.3 is 0 Å². The average molecular weight is 236 g/mol. The molecule has 0 aliphatic heterocycles. The van der Waals surface area contributed by atoms with Gasteiger partial charge >= 0.3 is 0 Å². The van der Waals surface area contributed by atoms with Crippen LogP contribution in [-0.4, -0.2) is 11.8 Å². The Morgan fingerprint density at radius 1 is 1.38 bits per heavy atom. The molecule has 1 rings (SSSR count). The zero-order chi connectivity index (χ0) is 11.6. The molecule has 3 heteroatoms. The van der Waals surface area contributed by atoms with Gasteiger partial charge in [-0.1, -0.05) is 24.3 Å². The third-order valence-corrected chi connectivity index (χ3v) is 3.57. The first kappa shape index (κ1) is 13.3. The Morgan fingerprint density at radius 2 is 2.12 bits per heavy atom. The van der Waals surface area contributed by atoms with Crippen molar-refractivity contribution in [3.05, 3.63) is 43.0 Å². The normalized spacial score (nSPS) is 12.3. The number of allylic oxidation sites excluding steroid dienone is 1. The van der Waals surface area contributed by atoms with Gasteiger partial charge in [-0.2, -0.15) is 0 Å². The van der Waals surface area contributed by atoms with E-state index in [4.69, 9.17) is 5.84 Å². The Kier molecular flexibility index (Phi) is 6.97. The number of hydrogen-bond acceptors (Lipinski definition) is 3. The van der Waals surface area contributed by atoms with Gasteiger partial charge in [-0.05, 0) is 31.4 Å².